The van der Waals surface area contributed by atoms with Crippen LogP contribution in [0.15, 0.2) is 0 Å². The van der Waals surface area contributed by atoms with E-state index in [9.17, 15) is 9.59 Å². The maximum absolute atomic E-state index is 9.98. The first-order valence-electron chi connectivity index (χ1n) is 4.35. The van der Waals surface area contributed by atoms with Crippen molar-refractivity contribution in [1.82, 2.24) is 5.32 Å². The molecule has 12 heavy (non-hydrogen) atoms. The Balaban J connectivity index is -0.000000137. The number of ketones is 1. The van der Waals surface area contributed by atoms with E-state index in [1.165, 1.54) is 13.3 Å². The molecule has 0 aliphatic heterocycles. The van der Waals surface area contributed by atoms with Crippen LogP contribution in [-0.2, 0) is 9.59 Å². The van der Waals surface area contributed by atoms with Crippen molar-refractivity contribution in [3.63, 3.8) is 0 Å². The van der Waals surface area contributed by atoms with Crippen LogP contribution in [0.2, 0.25) is 0 Å². The molecule has 0 aromatic rings. The lowest BCUT2D eigenvalue weighted by Crippen LogP contribution is -2.18. The number of carbonyl (C=O) groups excluding carboxylic acids is 2. The molecule has 0 saturated heterocycles. The quantitative estimate of drug-likeness (QED) is 0.664. The van der Waals surface area contributed by atoms with Crippen molar-refractivity contribution in [1.29, 1.82) is 0 Å². The van der Waals surface area contributed by atoms with Gasteiger partial charge in [-0.3, -0.25) is 9.59 Å². The van der Waals surface area contributed by atoms with E-state index >= 15 is 0 Å². The highest BCUT2D eigenvalue weighted by Crippen LogP contribution is 1.57. The van der Waals surface area contributed by atoms with Gasteiger partial charge in [0.2, 0.25) is 6.41 Å². The molecule has 3 heteroatoms. The van der Waals surface area contributed by atoms with Gasteiger partial charge in [0.15, 0.2) is 0 Å². The monoisotopic (exact) mass is 175 g/mol. The summed E-state index contributed by atoms with van der Waals surface area (Å²) in [6.45, 7) is 9.81. The number of nitrogens with one attached hydrogen (secondary N) is 1. The van der Waals surface area contributed by atoms with Crippen molar-refractivity contribution in [2.24, 2.45) is 0 Å². The topological polar surface area (TPSA) is 46.2 Å². The van der Waals surface area contributed by atoms with Crippen molar-refractivity contribution in [3.8, 4) is 0 Å². The van der Waals surface area contributed by atoms with E-state index in [0.717, 1.165) is 0 Å². The van der Waals surface area contributed by atoms with E-state index < -0.39 is 0 Å². The Morgan fingerprint density at radius 2 is 1.67 bits per heavy atom. The minimum atomic E-state index is -0.0351. The van der Waals surface area contributed by atoms with Gasteiger partial charge in [0.1, 0.15) is 5.78 Å². The number of rotatable bonds is 3. The molecule has 74 valence electrons. The first kappa shape index (κ1) is 17.3. The summed E-state index contributed by atoms with van der Waals surface area (Å²) in [4.78, 5) is 19.4. The van der Waals surface area contributed by atoms with Crippen LogP contribution in [-0.4, -0.2) is 18.7 Å². The predicted molar refractivity (Wildman–Crippen MR) is 52.1 cm³/mol. The fourth-order valence-electron chi connectivity index (χ4n) is 0.185. The Bertz CT molecular complexity index is 92.5. The van der Waals surface area contributed by atoms with E-state index in [4.69, 9.17) is 0 Å². The zero-order valence-electron chi connectivity index (χ0n) is 8.81. The molecule has 0 radical (unpaired) electrons. The molecule has 0 aliphatic rings. The van der Waals surface area contributed by atoms with Crippen molar-refractivity contribution in [2.75, 3.05) is 6.54 Å². The number of amides is 1. The second-order valence-electron chi connectivity index (χ2n) is 1.91. The predicted octanol–water partition coefficient (Wildman–Crippen LogP) is 1.76. The second kappa shape index (κ2) is 22.5. The number of hydrogen-bond acceptors (Lipinski definition) is 2. The first-order valence-corrected chi connectivity index (χ1v) is 4.35. The summed E-state index contributed by atoms with van der Waals surface area (Å²) in [7, 11) is 0. The Hall–Kier alpha value is -0.860. The summed E-state index contributed by atoms with van der Waals surface area (Å²) in [5.41, 5.74) is 0. The van der Waals surface area contributed by atoms with Crippen LogP contribution in [0.25, 0.3) is 0 Å². The van der Waals surface area contributed by atoms with Gasteiger partial charge in [-0.2, -0.15) is 0 Å². The van der Waals surface area contributed by atoms with Gasteiger partial charge in [-0.1, -0.05) is 34.1 Å². The molecule has 0 aromatic heterocycles. The average Bonchev–Trinajstić information content (AvgIpc) is 2.06. The third kappa shape index (κ3) is 61.4. The fourth-order valence-corrected chi connectivity index (χ4v) is 0.185. The zero-order valence-corrected chi connectivity index (χ0v) is 8.81. The third-order valence-electron chi connectivity index (χ3n) is 0.434. The molecule has 0 saturated carbocycles. The van der Waals surface area contributed by atoms with Gasteiger partial charge in [-0.05, 0) is 6.92 Å². The molecule has 0 unspecified atom stereocenters. The Kier molecular flexibility index (Phi) is 32.4. The molecular weight excluding hydrogens is 154 g/mol. The summed E-state index contributed by atoms with van der Waals surface area (Å²) in [6.07, 6.45) is 1.75. The van der Waals surface area contributed by atoms with Gasteiger partial charge in [-0.25, -0.2) is 0 Å². The van der Waals surface area contributed by atoms with Crippen molar-refractivity contribution in [2.45, 2.75) is 41.0 Å². The molecule has 0 heterocycles. The van der Waals surface area contributed by atoms with Gasteiger partial charge >= 0.3 is 0 Å². The maximum atomic E-state index is 9.98. The molecule has 0 atom stereocenters. The Labute approximate surface area is 75.5 Å². The summed E-state index contributed by atoms with van der Waals surface area (Å²) in [5.74, 6) is -0.0351. The highest BCUT2D eigenvalue weighted by molar-refractivity contribution is 5.79. The fraction of sp³-hybridized carbons (Fsp3) is 0.778. The minimum absolute atomic E-state index is 0.0351. The molecule has 0 spiro atoms. The van der Waals surface area contributed by atoms with Crippen LogP contribution in [0, 0.1) is 0 Å². The van der Waals surface area contributed by atoms with Crippen LogP contribution < -0.4 is 5.32 Å². The van der Waals surface area contributed by atoms with Crippen LogP contribution in [0.4, 0.5) is 0 Å². The molecule has 0 aliphatic carbocycles. The lowest BCUT2D eigenvalue weighted by atomic mass is 10.5. The molecule has 1 N–H and O–H groups in total. The summed E-state index contributed by atoms with van der Waals surface area (Å²) in [5, 5.41) is 2.22. The molecular formula is C9H21NO2. The number of hydrogen-bond donors (Lipinski definition) is 1. The van der Waals surface area contributed by atoms with E-state index in [2.05, 4.69) is 19.2 Å². The van der Waals surface area contributed by atoms with E-state index in [-0.39, 0.29) is 12.3 Å². The average molecular weight is 175 g/mol. The van der Waals surface area contributed by atoms with Crippen LogP contribution in [0.5, 0.6) is 0 Å². The Morgan fingerprint density at radius 3 is 1.75 bits per heavy atom. The molecule has 0 fully saturated rings. The number of Topliss-reactive ketones (excluding diaryl/α,β-unsaturated/α-hetero) is 1. The number of carbonyl (C=O) groups is 2. The molecule has 3 nitrogen and oxygen atoms in total. The highest BCUT2D eigenvalue weighted by atomic mass is 16.1. The lowest BCUT2D eigenvalue weighted by molar-refractivity contribution is -0.118. The standard InChI is InChI=1S/C4H7NO2.C3H8.C2H6/c1-4(7)2-5-3-6;1-3-2;1-2/h3H,2H2,1H3,(H,5,6);3H2,1-2H3;1-2H3. The minimum Gasteiger partial charge on any atom is -0.352 e. The largest absolute Gasteiger partial charge is 0.352 e. The van der Waals surface area contributed by atoms with E-state index in [0.29, 0.717) is 6.41 Å². The molecule has 0 aromatic carbocycles. The third-order valence-corrected chi connectivity index (χ3v) is 0.434. The van der Waals surface area contributed by atoms with Gasteiger partial charge in [0.25, 0.3) is 0 Å². The van der Waals surface area contributed by atoms with Crippen molar-refractivity contribution >= 4 is 12.2 Å². The van der Waals surface area contributed by atoms with Crippen LogP contribution in [0.1, 0.15) is 41.0 Å². The highest BCUT2D eigenvalue weighted by Gasteiger charge is 1.84. The smallest absolute Gasteiger partial charge is 0.207 e. The summed E-state index contributed by atoms with van der Waals surface area (Å²) >= 11 is 0. The lowest BCUT2D eigenvalue weighted by Gasteiger charge is -1.86. The SMILES string of the molecule is CC.CC(=O)CNC=O.CCC. The van der Waals surface area contributed by atoms with Crippen molar-refractivity contribution in [3.05, 3.63) is 0 Å². The van der Waals surface area contributed by atoms with Crippen LogP contribution in [0.3, 0.4) is 0 Å². The molecule has 0 bridgehead atoms. The van der Waals surface area contributed by atoms with Gasteiger partial charge in [0.05, 0.1) is 6.54 Å². The van der Waals surface area contributed by atoms with Crippen LogP contribution >= 0.6 is 0 Å². The van der Waals surface area contributed by atoms with Gasteiger partial charge in [-0.15, -0.1) is 0 Å². The second-order valence-corrected chi connectivity index (χ2v) is 1.91. The normalized spacial score (nSPS) is 6.42. The maximum Gasteiger partial charge on any atom is 0.207 e. The molecule has 1 amide bonds. The summed E-state index contributed by atoms with van der Waals surface area (Å²) in [6, 6.07) is 0. The summed E-state index contributed by atoms with van der Waals surface area (Å²) < 4.78 is 0. The zero-order chi connectivity index (χ0) is 10.4. The van der Waals surface area contributed by atoms with E-state index in [1.807, 2.05) is 13.8 Å². The first-order chi connectivity index (χ1) is 5.68. The van der Waals surface area contributed by atoms with E-state index in [1.54, 1.807) is 0 Å². The van der Waals surface area contributed by atoms with Crippen molar-refractivity contribution < 1.29 is 9.59 Å². The van der Waals surface area contributed by atoms with Gasteiger partial charge < -0.3 is 5.32 Å². The molecule has 0 rings (SSSR count). The van der Waals surface area contributed by atoms with Gasteiger partial charge in [0, 0.05) is 0 Å². The Morgan fingerprint density at radius 1 is 1.33 bits per heavy atom.